The average Bonchev–Trinajstić information content (AvgIpc) is 2.53. The summed E-state index contributed by atoms with van der Waals surface area (Å²) >= 11 is 0. The topological polar surface area (TPSA) is 104 Å². The zero-order valence-electron chi connectivity index (χ0n) is 15.3. The molecule has 0 bridgehead atoms. The van der Waals surface area contributed by atoms with E-state index in [9.17, 15) is 24.3 Å². The molecule has 0 heterocycles. The normalized spacial score (nSPS) is 11.8. The van der Waals surface area contributed by atoms with Crippen molar-refractivity contribution in [2.75, 3.05) is 7.11 Å². The van der Waals surface area contributed by atoms with Gasteiger partial charge in [-0.2, -0.15) is 0 Å². The van der Waals surface area contributed by atoms with Crippen LogP contribution in [-0.2, 0) is 23.9 Å². The van der Waals surface area contributed by atoms with Gasteiger partial charge in [-0.25, -0.2) is 4.79 Å². The van der Waals surface area contributed by atoms with Crippen LogP contribution >= 0.6 is 0 Å². The first-order valence-corrected chi connectivity index (χ1v) is 7.81. The van der Waals surface area contributed by atoms with Gasteiger partial charge < -0.3 is 14.6 Å². The van der Waals surface area contributed by atoms with E-state index in [1.807, 2.05) is 13.8 Å². The van der Waals surface area contributed by atoms with Crippen molar-refractivity contribution in [2.45, 2.75) is 52.0 Å². The number of aliphatic carboxylic acids is 1. The summed E-state index contributed by atoms with van der Waals surface area (Å²) < 4.78 is 4.53. The van der Waals surface area contributed by atoms with Crippen LogP contribution in [0.25, 0.3) is 0 Å². The van der Waals surface area contributed by atoms with Crippen LogP contribution in [-0.4, -0.2) is 41.8 Å². The van der Waals surface area contributed by atoms with Gasteiger partial charge in [-0.05, 0) is 12.8 Å². The molecule has 0 rings (SSSR count). The van der Waals surface area contributed by atoms with E-state index in [4.69, 9.17) is 0 Å². The number of nitrogens with zero attached hydrogens (tertiary/aromatic N) is 1. The number of rotatable bonds is 10. The number of hydrogen-bond acceptors (Lipinski definition) is 6. The molecule has 0 fully saturated rings. The Labute approximate surface area is 170 Å². The fourth-order valence-electron chi connectivity index (χ4n) is 1.96. The number of hydrogen-bond donors (Lipinski definition) is 0. The zero-order valence-corrected chi connectivity index (χ0v) is 17.3. The minimum Gasteiger partial charge on any atom is -0.550 e. The van der Waals surface area contributed by atoms with Crippen LogP contribution in [0.3, 0.4) is 0 Å². The quantitative estimate of drug-likeness (QED) is 0.247. The van der Waals surface area contributed by atoms with Gasteiger partial charge in [0.05, 0.1) is 7.11 Å². The molecule has 8 heteroatoms. The van der Waals surface area contributed by atoms with Crippen LogP contribution in [0.5, 0.6) is 0 Å². The van der Waals surface area contributed by atoms with E-state index < -0.39 is 36.2 Å². The predicted molar refractivity (Wildman–Crippen MR) is 85.4 cm³/mol. The van der Waals surface area contributed by atoms with E-state index in [1.165, 1.54) is 0 Å². The Hall–Kier alpha value is -1.44. The Kier molecular flexibility index (Phi) is 15.3. The molecule has 7 nitrogen and oxygen atoms in total. The molecule has 0 saturated carbocycles. The third kappa shape index (κ3) is 10.2. The minimum atomic E-state index is -1.55. The first-order chi connectivity index (χ1) is 11.4. The van der Waals surface area contributed by atoms with Gasteiger partial charge in [0.2, 0.25) is 11.8 Å². The van der Waals surface area contributed by atoms with E-state index >= 15 is 0 Å². The van der Waals surface area contributed by atoms with Crippen molar-refractivity contribution in [1.29, 1.82) is 0 Å². The number of amides is 2. The third-order valence-electron chi connectivity index (χ3n) is 3.07. The molecule has 0 spiro atoms. The van der Waals surface area contributed by atoms with E-state index in [1.54, 1.807) is 24.3 Å². The number of carbonyl (C=O) groups excluding carboxylic acids is 4. The number of carboxylic acids is 1. The molecule has 2 amide bonds. The van der Waals surface area contributed by atoms with E-state index in [2.05, 4.69) is 4.74 Å². The summed E-state index contributed by atoms with van der Waals surface area (Å²) in [6.07, 6.45) is 7.00. The molecule has 134 valence electrons. The monoisotopic (exact) mass is 361 g/mol. The van der Waals surface area contributed by atoms with Crippen molar-refractivity contribution in [1.82, 2.24) is 4.90 Å². The number of esters is 1. The number of carboxylic acid groups (broad SMARTS) is 1. The van der Waals surface area contributed by atoms with E-state index in [0.29, 0.717) is 17.7 Å². The maximum Gasteiger partial charge on any atom is 1.00 e. The van der Waals surface area contributed by atoms with Crippen LogP contribution in [0.15, 0.2) is 24.3 Å². The SMILES string of the molecule is CC/C=C/CC(=O)N(C(=O)C/C=C/CC)C(CC(=O)[O-])C(=O)OC.[Na+]. The Balaban J connectivity index is 0. The van der Waals surface area contributed by atoms with Crippen LogP contribution < -0.4 is 34.7 Å². The predicted octanol–water partition coefficient (Wildman–Crippen LogP) is -2.26. The zero-order chi connectivity index (χ0) is 18.5. The average molecular weight is 361 g/mol. The Morgan fingerprint density at radius 3 is 1.72 bits per heavy atom. The molecular weight excluding hydrogens is 337 g/mol. The molecule has 1 unspecified atom stereocenters. The Bertz CT molecular complexity index is 487. The number of ether oxygens (including phenoxy) is 1. The molecule has 0 aromatic heterocycles. The van der Waals surface area contributed by atoms with Gasteiger partial charge in [0.25, 0.3) is 0 Å². The molecule has 0 aliphatic heterocycles. The molecule has 0 saturated heterocycles. The molecule has 0 radical (unpaired) electrons. The first kappa shape index (κ1) is 25.8. The maximum absolute atomic E-state index is 12.3. The molecule has 0 aliphatic carbocycles. The van der Waals surface area contributed by atoms with Gasteiger partial charge in [-0.15, -0.1) is 0 Å². The standard InChI is InChI=1S/C17H25NO6.Na/c1-4-6-8-10-14(19)18(15(20)11-9-7-5-2)13(12-16(21)22)17(23)24-3;/h6-9,13H,4-5,10-12H2,1-3H3,(H,21,22);/q;+1/p-1/b8-6+,9-7+;. The molecular formula is C17H24NNaO6. The van der Waals surface area contributed by atoms with Crippen molar-refractivity contribution in [3.63, 3.8) is 0 Å². The fourth-order valence-corrected chi connectivity index (χ4v) is 1.96. The molecule has 0 aromatic rings. The molecule has 0 N–H and O–H groups in total. The summed E-state index contributed by atoms with van der Waals surface area (Å²) in [7, 11) is 1.06. The van der Waals surface area contributed by atoms with E-state index in [0.717, 1.165) is 7.11 Å². The first-order valence-electron chi connectivity index (χ1n) is 7.81. The summed E-state index contributed by atoms with van der Waals surface area (Å²) in [4.78, 5) is 48.1. The van der Waals surface area contributed by atoms with Gasteiger partial charge in [0.15, 0.2) is 0 Å². The second kappa shape index (κ2) is 14.9. The number of methoxy groups -OCH3 is 1. The largest absolute Gasteiger partial charge is 1.00 e. The van der Waals surface area contributed by atoms with Gasteiger partial charge in [0, 0.05) is 25.2 Å². The Morgan fingerprint density at radius 1 is 0.960 bits per heavy atom. The van der Waals surface area contributed by atoms with E-state index in [-0.39, 0.29) is 42.4 Å². The number of imide groups is 1. The summed E-state index contributed by atoms with van der Waals surface area (Å²) in [5.74, 6) is -3.85. The molecule has 25 heavy (non-hydrogen) atoms. The fraction of sp³-hybridized carbons (Fsp3) is 0.529. The Morgan fingerprint density at radius 2 is 1.40 bits per heavy atom. The smallest absolute Gasteiger partial charge is 0.550 e. The van der Waals surface area contributed by atoms with Gasteiger partial charge in [-0.1, -0.05) is 38.2 Å². The van der Waals surface area contributed by atoms with Crippen LogP contribution in [0.2, 0.25) is 0 Å². The van der Waals surface area contributed by atoms with Crippen molar-refractivity contribution in [3.05, 3.63) is 24.3 Å². The van der Waals surface area contributed by atoms with Gasteiger partial charge in [0.1, 0.15) is 6.04 Å². The molecule has 0 aliphatic rings. The second-order valence-electron chi connectivity index (χ2n) is 4.94. The van der Waals surface area contributed by atoms with Crippen molar-refractivity contribution in [2.24, 2.45) is 0 Å². The number of allylic oxidation sites excluding steroid dienone is 2. The minimum absolute atomic E-state index is 0. The van der Waals surface area contributed by atoms with Crippen LogP contribution in [0.4, 0.5) is 0 Å². The van der Waals surface area contributed by atoms with Crippen molar-refractivity contribution < 1.29 is 58.6 Å². The molecule has 1 atom stereocenters. The van der Waals surface area contributed by atoms with Crippen molar-refractivity contribution >= 4 is 23.8 Å². The summed E-state index contributed by atoms with van der Waals surface area (Å²) in [6.45, 7) is 3.76. The second-order valence-corrected chi connectivity index (χ2v) is 4.94. The van der Waals surface area contributed by atoms with Crippen molar-refractivity contribution in [3.8, 4) is 0 Å². The summed E-state index contributed by atoms with van der Waals surface area (Å²) in [6, 6.07) is -1.54. The molecule has 0 aromatic carbocycles. The van der Waals surface area contributed by atoms with Crippen LogP contribution in [0, 0.1) is 0 Å². The maximum atomic E-state index is 12.3. The van der Waals surface area contributed by atoms with Crippen LogP contribution in [0.1, 0.15) is 46.0 Å². The summed E-state index contributed by atoms with van der Waals surface area (Å²) in [5, 5.41) is 10.9. The van der Waals surface area contributed by atoms with Gasteiger partial charge >= 0.3 is 35.5 Å². The number of carbonyl (C=O) groups is 4. The third-order valence-corrected chi connectivity index (χ3v) is 3.07. The summed E-state index contributed by atoms with van der Waals surface area (Å²) in [5.41, 5.74) is 0. The van der Waals surface area contributed by atoms with Gasteiger partial charge in [-0.3, -0.25) is 14.5 Å².